The number of hydrogen-bond acceptors (Lipinski definition) is 9. The summed E-state index contributed by atoms with van der Waals surface area (Å²) in [4.78, 5) is 21.8. The first-order valence-electron chi connectivity index (χ1n) is 11.0. The molecule has 14 heteroatoms. The Balaban J connectivity index is 0.000000695. The van der Waals surface area contributed by atoms with E-state index in [0.717, 1.165) is 0 Å². The number of piperidine rings is 1. The minimum Gasteiger partial charge on any atom is -0.493 e. The molecule has 0 radical (unpaired) electrons. The molecule has 0 aliphatic carbocycles. The Bertz CT molecular complexity index is 1360. The molecule has 1 saturated heterocycles. The molecule has 2 aromatic carbocycles. The number of carbonyl (C=O) groups is 1. The molecule has 1 aromatic heterocycles. The van der Waals surface area contributed by atoms with Gasteiger partial charge in [0.05, 0.1) is 29.6 Å². The van der Waals surface area contributed by atoms with Crippen molar-refractivity contribution in [1.29, 1.82) is 0 Å². The van der Waals surface area contributed by atoms with E-state index < -0.39 is 22.5 Å². The zero-order valence-corrected chi connectivity index (χ0v) is 21.6. The van der Waals surface area contributed by atoms with Gasteiger partial charge in [-0.1, -0.05) is 17.7 Å². The third-order valence-corrected chi connectivity index (χ3v) is 5.64. The molecule has 37 heavy (non-hydrogen) atoms. The lowest BCUT2D eigenvalue weighted by Crippen LogP contribution is -2.42. The number of nitrogens with zero attached hydrogens (tertiary/aromatic N) is 3. The zero-order valence-electron chi connectivity index (χ0n) is 20.0. The quantitative estimate of drug-likeness (QED) is 0.386. The Morgan fingerprint density at radius 3 is 2.54 bits per heavy atom. The summed E-state index contributed by atoms with van der Waals surface area (Å²) in [5.74, 6) is 0.538. The summed E-state index contributed by atoms with van der Waals surface area (Å²) < 4.78 is 51.9. The van der Waals surface area contributed by atoms with Crippen LogP contribution < -0.4 is 14.8 Å². The summed E-state index contributed by atoms with van der Waals surface area (Å²) >= 11 is 5.89. The number of likely N-dealkylation sites (tertiary alicyclic amines) is 1. The first-order chi connectivity index (χ1) is 17.5. The van der Waals surface area contributed by atoms with Crippen LogP contribution in [-0.4, -0.2) is 78.0 Å². The van der Waals surface area contributed by atoms with Crippen molar-refractivity contribution < 1.29 is 36.7 Å². The van der Waals surface area contributed by atoms with E-state index in [0.29, 0.717) is 60.4 Å². The fraction of sp³-hybridized carbons (Fsp3) is 0.348. The van der Waals surface area contributed by atoms with E-state index in [1.165, 1.54) is 19.5 Å². The number of rotatable bonds is 6. The number of aliphatic hydroxyl groups is 1. The van der Waals surface area contributed by atoms with Gasteiger partial charge in [-0.15, -0.1) is 0 Å². The monoisotopic (exact) mass is 556 g/mol. The van der Waals surface area contributed by atoms with Gasteiger partial charge in [0.15, 0.2) is 17.3 Å². The Labute approximate surface area is 217 Å². The van der Waals surface area contributed by atoms with Gasteiger partial charge in [-0.05, 0) is 18.2 Å². The summed E-state index contributed by atoms with van der Waals surface area (Å²) in [6, 6.07) is 8.16. The smallest absolute Gasteiger partial charge is 0.261 e. The standard InChI is InChI=1S/C22H22ClFN4O4.CH4O3S/c1-31-18-10-17-14(9-19(18)32-13-5-7-28(8-6-13)20(30)11-29)22(26-12-25-17)27-16-4-2-3-15(23)21(16)24;1-5(2,3)4/h2-4,9-10,12-13,29H,5-8,11H2,1H3,(H,25,26,27);1H3,(H,2,3,4). The Morgan fingerprint density at radius 1 is 1.24 bits per heavy atom. The molecule has 1 aliphatic heterocycles. The third-order valence-electron chi connectivity index (χ3n) is 5.35. The van der Waals surface area contributed by atoms with Crippen molar-refractivity contribution in [1.82, 2.24) is 14.9 Å². The van der Waals surface area contributed by atoms with Crippen LogP contribution in [0.25, 0.3) is 10.9 Å². The minimum absolute atomic E-state index is 0.00470. The summed E-state index contributed by atoms with van der Waals surface area (Å²) in [6.07, 6.45) is 3.21. The van der Waals surface area contributed by atoms with Gasteiger partial charge < -0.3 is 24.8 Å². The molecule has 0 bridgehead atoms. The fourth-order valence-electron chi connectivity index (χ4n) is 3.65. The maximum absolute atomic E-state index is 14.4. The molecular weight excluding hydrogens is 531 g/mol. The van der Waals surface area contributed by atoms with Crippen molar-refractivity contribution >= 4 is 50.0 Å². The van der Waals surface area contributed by atoms with Crippen molar-refractivity contribution in [2.45, 2.75) is 18.9 Å². The van der Waals surface area contributed by atoms with Crippen LogP contribution in [0.4, 0.5) is 15.9 Å². The second kappa shape index (κ2) is 12.3. The highest BCUT2D eigenvalue weighted by molar-refractivity contribution is 7.85. The van der Waals surface area contributed by atoms with E-state index in [1.807, 2.05) is 0 Å². The second-order valence-electron chi connectivity index (χ2n) is 8.06. The number of carbonyl (C=O) groups excluding carboxylic acids is 1. The number of hydrogen-bond donors (Lipinski definition) is 3. The van der Waals surface area contributed by atoms with E-state index in [2.05, 4.69) is 15.3 Å². The SMILES string of the molecule is COc1cc2ncnc(Nc3cccc(Cl)c3F)c2cc1OC1CCN(C(=O)CO)CC1.CS(=O)(=O)O. The van der Waals surface area contributed by atoms with Gasteiger partial charge in [0.25, 0.3) is 10.1 Å². The number of aromatic nitrogens is 2. The van der Waals surface area contributed by atoms with Crippen LogP contribution in [0.1, 0.15) is 12.8 Å². The predicted molar refractivity (Wildman–Crippen MR) is 136 cm³/mol. The third kappa shape index (κ3) is 7.86. The largest absolute Gasteiger partial charge is 0.493 e. The van der Waals surface area contributed by atoms with Crippen LogP contribution in [0, 0.1) is 5.82 Å². The number of methoxy groups -OCH3 is 1. The van der Waals surface area contributed by atoms with Crippen LogP contribution in [0.3, 0.4) is 0 Å². The number of benzene rings is 2. The molecule has 0 atom stereocenters. The maximum atomic E-state index is 14.4. The average molecular weight is 557 g/mol. The first-order valence-corrected chi connectivity index (χ1v) is 13.2. The Morgan fingerprint density at radius 2 is 1.92 bits per heavy atom. The molecule has 1 amide bonds. The van der Waals surface area contributed by atoms with E-state index in [-0.39, 0.29) is 22.7 Å². The Kier molecular flexibility index (Phi) is 9.43. The van der Waals surface area contributed by atoms with Gasteiger partial charge in [0.1, 0.15) is 24.9 Å². The predicted octanol–water partition coefficient (Wildman–Crippen LogP) is 3.04. The lowest BCUT2D eigenvalue weighted by atomic mass is 10.1. The summed E-state index contributed by atoms with van der Waals surface area (Å²) in [5, 5.41) is 12.6. The van der Waals surface area contributed by atoms with Crippen molar-refractivity contribution in [2.24, 2.45) is 0 Å². The molecule has 3 N–H and O–H groups in total. The first kappa shape index (κ1) is 28.3. The molecule has 2 heterocycles. The lowest BCUT2D eigenvalue weighted by molar-refractivity contribution is -0.135. The van der Waals surface area contributed by atoms with Crippen LogP contribution in [-0.2, 0) is 14.9 Å². The number of anilines is 2. The number of nitrogens with one attached hydrogen (secondary N) is 1. The lowest BCUT2D eigenvalue weighted by Gasteiger charge is -2.32. The highest BCUT2D eigenvalue weighted by Crippen LogP contribution is 2.36. The van der Waals surface area contributed by atoms with Gasteiger partial charge in [0.2, 0.25) is 5.91 Å². The molecule has 200 valence electrons. The van der Waals surface area contributed by atoms with Gasteiger partial charge in [-0.25, -0.2) is 14.4 Å². The van der Waals surface area contributed by atoms with Crippen molar-refractivity contribution in [2.75, 3.05) is 38.4 Å². The number of aliphatic hydroxyl groups excluding tert-OH is 1. The number of halogens is 2. The molecule has 1 aliphatic rings. The van der Waals surface area contributed by atoms with Crippen LogP contribution in [0.5, 0.6) is 11.5 Å². The van der Waals surface area contributed by atoms with Crippen LogP contribution in [0.15, 0.2) is 36.7 Å². The number of amides is 1. The van der Waals surface area contributed by atoms with Gasteiger partial charge in [-0.2, -0.15) is 8.42 Å². The maximum Gasteiger partial charge on any atom is 0.261 e. The normalized spacial score (nSPS) is 14.1. The average Bonchev–Trinajstić information content (AvgIpc) is 2.85. The zero-order chi connectivity index (χ0) is 27.2. The van der Waals surface area contributed by atoms with Gasteiger partial charge >= 0.3 is 0 Å². The molecule has 0 unspecified atom stereocenters. The molecule has 1 fully saturated rings. The van der Waals surface area contributed by atoms with Crippen LogP contribution >= 0.6 is 11.6 Å². The van der Waals surface area contributed by atoms with E-state index in [4.69, 9.17) is 30.7 Å². The molecule has 3 aromatic rings. The second-order valence-corrected chi connectivity index (χ2v) is 9.93. The molecular formula is C23H26ClFN4O7S. The Hall–Kier alpha value is -3.26. The molecule has 4 rings (SSSR count). The fourth-order valence-corrected chi connectivity index (χ4v) is 3.82. The number of fused-ring (bicyclic) bond motifs is 1. The summed E-state index contributed by atoms with van der Waals surface area (Å²) in [7, 11) is -2.13. The topological polar surface area (TPSA) is 151 Å². The summed E-state index contributed by atoms with van der Waals surface area (Å²) in [6.45, 7) is 0.515. The highest BCUT2D eigenvalue weighted by Gasteiger charge is 2.25. The molecule has 11 nitrogen and oxygen atoms in total. The van der Waals surface area contributed by atoms with Gasteiger partial charge in [0, 0.05) is 37.4 Å². The molecule has 0 saturated carbocycles. The van der Waals surface area contributed by atoms with Gasteiger partial charge in [-0.3, -0.25) is 9.35 Å². The number of ether oxygens (including phenoxy) is 2. The molecule has 0 spiro atoms. The van der Waals surface area contributed by atoms with E-state index >= 15 is 0 Å². The summed E-state index contributed by atoms with van der Waals surface area (Å²) in [5.41, 5.74) is 0.786. The van der Waals surface area contributed by atoms with Crippen LogP contribution in [0.2, 0.25) is 5.02 Å². The van der Waals surface area contributed by atoms with E-state index in [9.17, 15) is 17.6 Å². The van der Waals surface area contributed by atoms with Crippen molar-refractivity contribution in [3.63, 3.8) is 0 Å². The van der Waals surface area contributed by atoms with Crippen molar-refractivity contribution in [3.05, 3.63) is 47.5 Å². The minimum atomic E-state index is -3.67. The van der Waals surface area contributed by atoms with Crippen molar-refractivity contribution in [3.8, 4) is 11.5 Å². The van der Waals surface area contributed by atoms with E-state index in [1.54, 1.807) is 29.2 Å². The highest BCUT2D eigenvalue weighted by atomic mass is 35.5.